The highest BCUT2D eigenvalue weighted by atomic mass is 35.5. The largest absolute Gasteiger partial charge is 0.493 e. The van der Waals surface area contributed by atoms with Crippen LogP contribution in [0, 0.1) is 0 Å². The van der Waals surface area contributed by atoms with Gasteiger partial charge in [0.05, 0.1) is 21.3 Å². The Labute approximate surface area is 172 Å². The summed E-state index contributed by atoms with van der Waals surface area (Å²) in [4.78, 5) is 17.2. The van der Waals surface area contributed by atoms with Gasteiger partial charge in [-0.1, -0.05) is 30.3 Å². The minimum absolute atomic E-state index is 0. The van der Waals surface area contributed by atoms with Crippen molar-refractivity contribution in [2.24, 2.45) is 0 Å². The van der Waals surface area contributed by atoms with Gasteiger partial charge in [0, 0.05) is 38.3 Å². The predicted octanol–water partition coefficient (Wildman–Crippen LogP) is 3.09. The fraction of sp³-hybridized carbons (Fsp3) is 0.381. The molecular weight excluding hydrogens is 380 g/mol. The maximum Gasteiger partial charge on any atom is 0.254 e. The molecule has 28 heavy (non-hydrogen) atoms. The average molecular weight is 407 g/mol. The molecule has 1 aliphatic heterocycles. The standard InChI is InChI=1S/C21H26N2O4.ClH/c1-25-18-13-17(14-19(26-2)20(18)27-3)21(24)23-11-9-22(10-12-23)15-16-7-5-4-6-8-16;/h4-8,13-14H,9-12,15H2,1-3H3;1H. The first-order valence-electron chi connectivity index (χ1n) is 9.01. The molecule has 2 aromatic carbocycles. The molecule has 152 valence electrons. The zero-order valence-corrected chi connectivity index (χ0v) is 17.3. The zero-order valence-electron chi connectivity index (χ0n) is 16.5. The lowest BCUT2D eigenvalue weighted by Crippen LogP contribution is -2.48. The second kappa shape index (κ2) is 10.2. The normalized spacial score (nSPS) is 14.2. The quantitative estimate of drug-likeness (QED) is 0.737. The lowest BCUT2D eigenvalue weighted by molar-refractivity contribution is 0.0627. The summed E-state index contributed by atoms with van der Waals surface area (Å²) in [5, 5.41) is 0. The van der Waals surface area contributed by atoms with Crippen molar-refractivity contribution in [3.8, 4) is 17.2 Å². The molecule has 2 aromatic rings. The van der Waals surface area contributed by atoms with E-state index in [1.807, 2.05) is 11.0 Å². The van der Waals surface area contributed by atoms with E-state index in [0.29, 0.717) is 35.9 Å². The predicted molar refractivity (Wildman–Crippen MR) is 111 cm³/mol. The Hall–Kier alpha value is -2.44. The molecule has 0 N–H and O–H groups in total. The van der Waals surface area contributed by atoms with E-state index in [1.165, 1.54) is 5.56 Å². The molecule has 1 fully saturated rings. The van der Waals surface area contributed by atoms with E-state index < -0.39 is 0 Å². The van der Waals surface area contributed by atoms with E-state index in [9.17, 15) is 4.79 Å². The number of hydrogen-bond acceptors (Lipinski definition) is 5. The third-order valence-electron chi connectivity index (χ3n) is 4.82. The molecule has 0 saturated carbocycles. The van der Waals surface area contributed by atoms with E-state index in [0.717, 1.165) is 19.6 Å². The van der Waals surface area contributed by atoms with Crippen molar-refractivity contribution in [2.75, 3.05) is 47.5 Å². The Morgan fingerprint density at radius 1 is 0.893 bits per heavy atom. The maximum absolute atomic E-state index is 13.0. The summed E-state index contributed by atoms with van der Waals surface area (Å²) in [6.45, 7) is 4.01. The summed E-state index contributed by atoms with van der Waals surface area (Å²) in [5.74, 6) is 1.45. The number of carbonyl (C=O) groups is 1. The van der Waals surface area contributed by atoms with Gasteiger partial charge < -0.3 is 19.1 Å². The van der Waals surface area contributed by atoms with Crippen LogP contribution in [0.5, 0.6) is 17.2 Å². The number of methoxy groups -OCH3 is 3. The summed E-state index contributed by atoms with van der Waals surface area (Å²) < 4.78 is 16.0. The summed E-state index contributed by atoms with van der Waals surface area (Å²) >= 11 is 0. The number of piperazine rings is 1. The van der Waals surface area contributed by atoms with Gasteiger partial charge in [0.25, 0.3) is 5.91 Å². The van der Waals surface area contributed by atoms with Crippen LogP contribution in [-0.4, -0.2) is 63.2 Å². The second-order valence-electron chi connectivity index (χ2n) is 6.47. The van der Waals surface area contributed by atoms with Crippen LogP contribution in [0.2, 0.25) is 0 Å². The van der Waals surface area contributed by atoms with Gasteiger partial charge >= 0.3 is 0 Å². The Kier molecular flexibility index (Phi) is 7.96. The maximum atomic E-state index is 13.0. The van der Waals surface area contributed by atoms with E-state index in [-0.39, 0.29) is 18.3 Å². The van der Waals surface area contributed by atoms with Crippen LogP contribution in [0.3, 0.4) is 0 Å². The van der Waals surface area contributed by atoms with Crippen molar-refractivity contribution in [1.29, 1.82) is 0 Å². The van der Waals surface area contributed by atoms with Gasteiger partial charge in [-0.05, 0) is 17.7 Å². The molecule has 0 unspecified atom stereocenters. The summed E-state index contributed by atoms with van der Waals surface area (Å²) in [7, 11) is 4.65. The van der Waals surface area contributed by atoms with Crippen molar-refractivity contribution in [1.82, 2.24) is 9.80 Å². The van der Waals surface area contributed by atoms with Gasteiger partial charge in [-0.2, -0.15) is 0 Å². The number of hydrogen-bond donors (Lipinski definition) is 0. The number of halogens is 1. The SMILES string of the molecule is COc1cc(C(=O)N2CCN(Cc3ccccc3)CC2)cc(OC)c1OC.Cl. The lowest BCUT2D eigenvalue weighted by atomic mass is 10.1. The monoisotopic (exact) mass is 406 g/mol. The molecule has 1 saturated heterocycles. The van der Waals surface area contributed by atoms with Gasteiger partial charge in [-0.3, -0.25) is 9.69 Å². The van der Waals surface area contributed by atoms with Gasteiger partial charge in [0.2, 0.25) is 5.75 Å². The van der Waals surface area contributed by atoms with E-state index in [2.05, 4.69) is 29.2 Å². The van der Waals surface area contributed by atoms with E-state index in [1.54, 1.807) is 33.5 Å². The highest BCUT2D eigenvalue weighted by Crippen LogP contribution is 2.38. The molecule has 1 aliphatic rings. The average Bonchev–Trinajstić information content (AvgIpc) is 2.73. The van der Waals surface area contributed by atoms with Crippen molar-refractivity contribution in [2.45, 2.75) is 6.54 Å². The number of benzene rings is 2. The highest BCUT2D eigenvalue weighted by Gasteiger charge is 2.24. The summed E-state index contributed by atoms with van der Waals surface area (Å²) in [5.41, 5.74) is 1.84. The Morgan fingerprint density at radius 2 is 1.46 bits per heavy atom. The molecule has 0 aliphatic carbocycles. The minimum Gasteiger partial charge on any atom is -0.493 e. The van der Waals surface area contributed by atoms with Gasteiger partial charge in [0.1, 0.15) is 0 Å². The van der Waals surface area contributed by atoms with Crippen molar-refractivity contribution < 1.29 is 19.0 Å². The van der Waals surface area contributed by atoms with Crippen LogP contribution in [0.4, 0.5) is 0 Å². The first-order valence-corrected chi connectivity index (χ1v) is 9.01. The van der Waals surface area contributed by atoms with Crippen LogP contribution < -0.4 is 14.2 Å². The molecule has 1 heterocycles. The van der Waals surface area contributed by atoms with Crippen LogP contribution in [0.1, 0.15) is 15.9 Å². The second-order valence-corrected chi connectivity index (χ2v) is 6.47. The van der Waals surface area contributed by atoms with Gasteiger partial charge in [0.15, 0.2) is 11.5 Å². The van der Waals surface area contributed by atoms with Crippen molar-refractivity contribution in [3.63, 3.8) is 0 Å². The molecule has 0 spiro atoms. The fourth-order valence-electron chi connectivity index (χ4n) is 3.34. The number of rotatable bonds is 6. The van der Waals surface area contributed by atoms with Crippen molar-refractivity contribution in [3.05, 3.63) is 53.6 Å². The topological polar surface area (TPSA) is 51.2 Å². The Morgan fingerprint density at radius 3 is 1.96 bits per heavy atom. The van der Waals surface area contributed by atoms with Crippen LogP contribution in [-0.2, 0) is 6.54 Å². The molecule has 0 bridgehead atoms. The van der Waals surface area contributed by atoms with E-state index in [4.69, 9.17) is 14.2 Å². The van der Waals surface area contributed by atoms with Crippen LogP contribution >= 0.6 is 12.4 Å². The smallest absolute Gasteiger partial charge is 0.254 e. The number of nitrogens with zero attached hydrogens (tertiary/aromatic N) is 2. The third kappa shape index (κ3) is 4.88. The fourth-order valence-corrected chi connectivity index (χ4v) is 3.34. The zero-order chi connectivity index (χ0) is 19.2. The number of amides is 1. The molecule has 7 heteroatoms. The van der Waals surface area contributed by atoms with E-state index >= 15 is 0 Å². The van der Waals surface area contributed by atoms with Gasteiger partial charge in [-0.15, -0.1) is 12.4 Å². The molecular formula is C21H27ClN2O4. The van der Waals surface area contributed by atoms with Crippen LogP contribution in [0.25, 0.3) is 0 Å². The Bertz CT molecular complexity index is 752. The highest BCUT2D eigenvalue weighted by molar-refractivity contribution is 5.95. The Balaban J connectivity index is 0.00000280. The lowest BCUT2D eigenvalue weighted by Gasteiger charge is -2.35. The third-order valence-corrected chi connectivity index (χ3v) is 4.82. The molecule has 3 rings (SSSR count). The first-order chi connectivity index (χ1) is 13.2. The summed E-state index contributed by atoms with van der Waals surface area (Å²) in [6, 6.07) is 13.8. The minimum atomic E-state index is -0.0198. The molecule has 0 aromatic heterocycles. The first kappa shape index (κ1) is 21.9. The van der Waals surface area contributed by atoms with Crippen molar-refractivity contribution >= 4 is 18.3 Å². The number of ether oxygens (including phenoxy) is 3. The summed E-state index contributed by atoms with van der Waals surface area (Å²) in [6.07, 6.45) is 0. The van der Waals surface area contributed by atoms with Crippen LogP contribution in [0.15, 0.2) is 42.5 Å². The molecule has 0 atom stereocenters. The molecule has 6 nitrogen and oxygen atoms in total. The number of carbonyl (C=O) groups excluding carboxylic acids is 1. The molecule has 0 radical (unpaired) electrons. The van der Waals surface area contributed by atoms with Gasteiger partial charge in [-0.25, -0.2) is 0 Å². The molecule has 1 amide bonds.